The van der Waals surface area contributed by atoms with Crippen molar-refractivity contribution in [3.05, 3.63) is 10.6 Å². The first-order valence-electron chi connectivity index (χ1n) is 6.06. The maximum Gasteiger partial charge on any atom is 0.358 e. The lowest BCUT2D eigenvalue weighted by Gasteiger charge is -2.32. The zero-order chi connectivity index (χ0) is 14.0. The average molecular weight is 283 g/mol. The second-order valence-corrected chi connectivity index (χ2v) is 5.49. The molecule has 0 amide bonds. The van der Waals surface area contributed by atoms with Crippen LogP contribution in [-0.2, 0) is 4.74 Å². The van der Waals surface area contributed by atoms with Crippen molar-refractivity contribution < 1.29 is 14.3 Å². The molecule has 0 N–H and O–H groups in total. The predicted molar refractivity (Wildman–Crippen MR) is 73.2 cm³/mol. The van der Waals surface area contributed by atoms with Crippen molar-refractivity contribution >= 4 is 28.2 Å². The highest BCUT2D eigenvalue weighted by molar-refractivity contribution is 7.17. The average Bonchev–Trinajstić information content (AvgIpc) is 2.84. The molecule has 104 valence electrons. The minimum atomic E-state index is -0.554. The van der Waals surface area contributed by atoms with E-state index >= 15 is 0 Å². The van der Waals surface area contributed by atoms with Crippen molar-refractivity contribution in [1.29, 1.82) is 0 Å². The Balaban J connectivity index is 2.27. The van der Waals surface area contributed by atoms with Crippen LogP contribution >= 0.6 is 11.3 Å². The number of likely N-dealkylation sites (N-methyl/N-ethyl adjacent to an activating group) is 1. The highest BCUT2D eigenvalue weighted by atomic mass is 32.1. The van der Waals surface area contributed by atoms with Gasteiger partial charge in [-0.1, -0.05) is 11.3 Å². The van der Waals surface area contributed by atoms with Crippen LogP contribution < -0.4 is 4.90 Å². The van der Waals surface area contributed by atoms with Crippen LogP contribution in [0.1, 0.15) is 27.1 Å². The molecule has 1 aliphatic heterocycles. The summed E-state index contributed by atoms with van der Waals surface area (Å²) in [6.45, 7) is 5.03. The number of ketones is 1. The summed E-state index contributed by atoms with van der Waals surface area (Å²) in [7, 11) is 3.36. The lowest BCUT2D eigenvalue weighted by Crippen LogP contribution is -2.44. The summed E-state index contributed by atoms with van der Waals surface area (Å²) < 4.78 is 4.67. The highest BCUT2D eigenvalue weighted by Gasteiger charge is 2.25. The molecule has 1 aromatic heterocycles. The summed E-state index contributed by atoms with van der Waals surface area (Å²) in [6, 6.07) is 0. The van der Waals surface area contributed by atoms with Gasteiger partial charge >= 0.3 is 5.97 Å². The molecule has 0 aliphatic carbocycles. The summed E-state index contributed by atoms with van der Waals surface area (Å²) in [5, 5.41) is 0.721. The van der Waals surface area contributed by atoms with Gasteiger partial charge in [0.2, 0.25) is 0 Å². The van der Waals surface area contributed by atoms with E-state index in [0.29, 0.717) is 4.88 Å². The van der Waals surface area contributed by atoms with Gasteiger partial charge in [0, 0.05) is 33.1 Å². The number of hydrogen-bond donors (Lipinski definition) is 0. The Labute approximate surface area is 116 Å². The van der Waals surface area contributed by atoms with E-state index in [4.69, 9.17) is 0 Å². The molecule has 2 rings (SSSR count). The monoisotopic (exact) mass is 283 g/mol. The zero-order valence-corrected chi connectivity index (χ0v) is 12.1. The van der Waals surface area contributed by atoms with E-state index < -0.39 is 5.97 Å². The molecular formula is C12H17N3O3S. The topological polar surface area (TPSA) is 62.7 Å². The quantitative estimate of drug-likeness (QED) is 0.606. The molecule has 0 atom stereocenters. The Kier molecular flexibility index (Phi) is 4.16. The molecule has 6 nitrogen and oxygen atoms in total. The summed E-state index contributed by atoms with van der Waals surface area (Å²) >= 11 is 1.26. The van der Waals surface area contributed by atoms with E-state index in [9.17, 15) is 9.59 Å². The Bertz CT molecular complexity index is 492. The van der Waals surface area contributed by atoms with Gasteiger partial charge in [-0.15, -0.1) is 0 Å². The fraction of sp³-hybridized carbons (Fsp3) is 0.583. The summed E-state index contributed by atoms with van der Waals surface area (Å²) in [5.41, 5.74) is 0.133. The number of hydrogen-bond acceptors (Lipinski definition) is 7. The van der Waals surface area contributed by atoms with Crippen LogP contribution in [0.5, 0.6) is 0 Å². The summed E-state index contributed by atoms with van der Waals surface area (Å²) in [4.78, 5) is 32.2. The van der Waals surface area contributed by atoms with Crippen LogP contribution in [0.25, 0.3) is 0 Å². The van der Waals surface area contributed by atoms with Crippen LogP contribution in [0.4, 0.5) is 5.13 Å². The molecule has 1 fully saturated rings. The number of methoxy groups -OCH3 is 1. The van der Waals surface area contributed by atoms with Gasteiger partial charge in [-0.2, -0.15) is 0 Å². The molecule has 0 saturated carbocycles. The third kappa shape index (κ3) is 2.93. The SMILES string of the molecule is COC(=O)c1nc(N2CCN(C)CC2)sc1C(C)=O. The Hall–Kier alpha value is -1.47. The normalized spacial score (nSPS) is 16.5. The number of esters is 1. The number of ether oxygens (including phenoxy) is 1. The van der Waals surface area contributed by atoms with Crippen LogP contribution in [0.3, 0.4) is 0 Å². The van der Waals surface area contributed by atoms with E-state index in [0.717, 1.165) is 31.3 Å². The fourth-order valence-electron chi connectivity index (χ4n) is 1.92. The number of thiazole rings is 1. The molecule has 19 heavy (non-hydrogen) atoms. The van der Waals surface area contributed by atoms with Crippen molar-refractivity contribution in [2.45, 2.75) is 6.92 Å². The van der Waals surface area contributed by atoms with Crippen LogP contribution in [0.2, 0.25) is 0 Å². The van der Waals surface area contributed by atoms with E-state index in [1.54, 1.807) is 0 Å². The lowest BCUT2D eigenvalue weighted by atomic mass is 10.3. The number of rotatable bonds is 3. The second kappa shape index (κ2) is 5.66. The third-order valence-electron chi connectivity index (χ3n) is 3.09. The van der Waals surface area contributed by atoms with E-state index in [1.807, 2.05) is 0 Å². The van der Waals surface area contributed by atoms with Gasteiger partial charge in [0.05, 0.1) is 7.11 Å². The standard InChI is InChI=1S/C12H17N3O3S/c1-8(16)10-9(11(17)18-3)13-12(19-10)15-6-4-14(2)5-7-15/h4-7H2,1-3H3. The number of aromatic nitrogens is 1. The van der Waals surface area contributed by atoms with Gasteiger partial charge in [-0.25, -0.2) is 9.78 Å². The van der Waals surface area contributed by atoms with Crippen LogP contribution in [-0.4, -0.2) is 62.0 Å². The summed E-state index contributed by atoms with van der Waals surface area (Å²) in [6.07, 6.45) is 0. The molecule has 0 spiro atoms. The minimum absolute atomic E-state index is 0.133. The molecule has 0 bridgehead atoms. The Morgan fingerprint density at radius 2 is 1.89 bits per heavy atom. The molecule has 0 unspecified atom stereocenters. The number of piperazine rings is 1. The van der Waals surface area contributed by atoms with E-state index in [-0.39, 0.29) is 11.5 Å². The maximum atomic E-state index is 11.6. The van der Waals surface area contributed by atoms with Gasteiger partial charge in [-0.3, -0.25) is 4.79 Å². The first-order valence-corrected chi connectivity index (χ1v) is 6.88. The van der Waals surface area contributed by atoms with Crippen LogP contribution in [0, 0.1) is 0 Å². The minimum Gasteiger partial charge on any atom is -0.464 e. The number of anilines is 1. The number of carbonyl (C=O) groups is 2. The third-order valence-corrected chi connectivity index (χ3v) is 4.31. The Morgan fingerprint density at radius 1 is 1.26 bits per heavy atom. The van der Waals surface area contributed by atoms with Crippen molar-refractivity contribution in [2.75, 3.05) is 45.2 Å². The number of carbonyl (C=O) groups excluding carboxylic acids is 2. The predicted octanol–water partition coefficient (Wildman–Crippen LogP) is 0.884. The summed E-state index contributed by atoms with van der Waals surface area (Å²) in [5.74, 6) is -0.708. The van der Waals surface area contributed by atoms with Gasteiger partial charge in [-0.05, 0) is 7.05 Å². The molecule has 0 aromatic carbocycles. The van der Waals surface area contributed by atoms with Gasteiger partial charge in [0.1, 0.15) is 4.88 Å². The van der Waals surface area contributed by atoms with Crippen molar-refractivity contribution in [3.8, 4) is 0 Å². The van der Waals surface area contributed by atoms with Crippen LogP contribution in [0.15, 0.2) is 0 Å². The zero-order valence-electron chi connectivity index (χ0n) is 11.3. The molecule has 2 heterocycles. The second-order valence-electron chi connectivity index (χ2n) is 4.51. The fourth-order valence-corrected chi connectivity index (χ4v) is 2.92. The molecule has 0 radical (unpaired) electrons. The highest BCUT2D eigenvalue weighted by Crippen LogP contribution is 2.28. The van der Waals surface area contributed by atoms with E-state index in [1.165, 1.54) is 25.4 Å². The number of Topliss-reactive ketones (excluding diaryl/α,β-unsaturated/α-hetero) is 1. The largest absolute Gasteiger partial charge is 0.464 e. The molecular weight excluding hydrogens is 266 g/mol. The Morgan fingerprint density at radius 3 is 2.42 bits per heavy atom. The van der Waals surface area contributed by atoms with Gasteiger partial charge < -0.3 is 14.5 Å². The molecule has 1 aromatic rings. The van der Waals surface area contributed by atoms with Gasteiger partial charge in [0.15, 0.2) is 16.6 Å². The van der Waals surface area contributed by atoms with Crippen molar-refractivity contribution in [3.63, 3.8) is 0 Å². The first kappa shape index (κ1) is 14.0. The molecule has 1 saturated heterocycles. The lowest BCUT2D eigenvalue weighted by molar-refractivity contribution is 0.0591. The van der Waals surface area contributed by atoms with E-state index in [2.05, 4.69) is 26.6 Å². The first-order chi connectivity index (χ1) is 9.02. The molecule has 1 aliphatic rings. The van der Waals surface area contributed by atoms with Crippen molar-refractivity contribution in [2.24, 2.45) is 0 Å². The molecule has 7 heteroatoms. The number of nitrogens with zero attached hydrogens (tertiary/aromatic N) is 3. The smallest absolute Gasteiger partial charge is 0.358 e. The van der Waals surface area contributed by atoms with Crippen molar-refractivity contribution in [1.82, 2.24) is 9.88 Å². The maximum absolute atomic E-state index is 11.6. The van der Waals surface area contributed by atoms with Gasteiger partial charge in [0.25, 0.3) is 0 Å².